The van der Waals surface area contributed by atoms with Crippen LogP contribution in [0.4, 0.5) is 0 Å². The minimum absolute atomic E-state index is 0.0139. The maximum absolute atomic E-state index is 12.0. The molecule has 2 fully saturated rings. The number of hydrogen-bond donors (Lipinski definition) is 0. The standard InChI is InChI=1S/C15H24O2/c1-9(2)12-8-15(17-14(12)16)11(5)6-7-13(15)10(3)4/h9,11-13H,3,6-8H2,1-2,4-5H3. The summed E-state index contributed by atoms with van der Waals surface area (Å²) in [5.41, 5.74) is 0.934. The van der Waals surface area contributed by atoms with Crippen molar-refractivity contribution in [3.8, 4) is 0 Å². The first-order chi connectivity index (χ1) is 7.88. The Morgan fingerprint density at radius 3 is 2.59 bits per heavy atom. The van der Waals surface area contributed by atoms with Crippen LogP contribution in [-0.4, -0.2) is 11.6 Å². The molecule has 1 aliphatic carbocycles. The van der Waals surface area contributed by atoms with Crippen LogP contribution in [0.15, 0.2) is 12.2 Å². The van der Waals surface area contributed by atoms with Crippen LogP contribution >= 0.6 is 0 Å². The quantitative estimate of drug-likeness (QED) is 0.541. The first-order valence-corrected chi connectivity index (χ1v) is 6.76. The highest BCUT2D eigenvalue weighted by Gasteiger charge is 2.58. The normalized spacial score (nSPS) is 41.2. The van der Waals surface area contributed by atoms with Crippen LogP contribution in [0.2, 0.25) is 0 Å². The van der Waals surface area contributed by atoms with E-state index in [0.29, 0.717) is 17.8 Å². The maximum atomic E-state index is 12.0. The lowest BCUT2D eigenvalue weighted by Gasteiger charge is -2.34. The lowest BCUT2D eigenvalue weighted by atomic mass is 9.75. The van der Waals surface area contributed by atoms with Crippen molar-refractivity contribution in [1.82, 2.24) is 0 Å². The summed E-state index contributed by atoms with van der Waals surface area (Å²) in [6.07, 6.45) is 3.16. The van der Waals surface area contributed by atoms with E-state index in [-0.39, 0.29) is 17.5 Å². The molecule has 2 aliphatic rings. The number of carbonyl (C=O) groups is 1. The molecule has 2 rings (SSSR count). The smallest absolute Gasteiger partial charge is 0.309 e. The van der Waals surface area contributed by atoms with Gasteiger partial charge in [0.1, 0.15) is 5.60 Å². The van der Waals surface area contributed by atoms with Gasteiger partial charge in [-0.15, -0.1) is 0 Å². The average Bonchev–Trinajstić information content (AvgIpc) is 2.71. The van der Waals surface area contributed by atoms with Gasteiger partial charge in [-0.2, -0.15) is 0 Å². The van der Waals surface area contributed by atoms with Gasteiger partial charge in [-0.3, -0.25) is 4.79 Å². The van der Waals surface area contributed by atoms with E-state index < -0.39 is 0 Å². The largest absolute Gasteiger partial charge is 0.458 e. The first kappa shape index (κ1) is 12.7. The van der Waals surface area contributed by atoms with Gasteiger partial charge >= 0.3 is 5.97 Å². The summed E-state index contributed by atoms with van der Waals surface area (Å²) in [5, 5.41) is 0. The fourth-order valence-electron chi connectivity index (χ4n) is 3.67. The number of ether oxygens (including phenoxy) is 1. The van der Waals surface area contributed by atoms with Gasteiger partial charge in [0.2, 0.25) is 0 Å². The summed E-state index contributed by atoms with van der Waals surface area (Å²) in [7, 11) is 0. The topological polar surface area (TPSA) is 26.3 Å². The molecule has 1 heterocycles. The van der Waals surface area contributed by atoms with E-state index in [0.717, 1.165) is 19.3 Å². The number of esters is 1. The van der Waals surface area contributed by atoms with Crippen molar-refractivity contribution in [2.45, 2.75) is 52.6 Å². The first-order valence-electron chi connectivity index (χ1n) is 6.76. The zero-order chi connectivity index (χ0) is 12.8. The molecule has 2 heteroatoms. The molecule has 1 saturated heterocycles. The molecule has 1 aliphatic heterocycles. The Balaban J connectivity index is 2.30. The monoisotopic (exact) mass is 236 g/mol. The van der Waals surface area contributed by atoms with E-state index in [4.69, 9.17) is 4.74 Å². The van der Waals surface area contributed by atoms with Crippen LogP contribution < -0.4 is 0 Å². The predicted octanol–water partition coefficient (Wildman–Crippen LogP) is 3.57. The molecule has 1 saturated carbocycles. The van der Waals surface area contributed by atoms with E-state index in [1.165, 1.54) is 5.57 Å². The second-order valence-corrected chi connectivity index (χ2v) is 6.31. The summed E-state index contributed by atoms with van der Waals surface area (Å²) in [6.45, 7) is 12.6. The third-order valence-corrected chi connectivity index (χ3v) is 4.84. The van der Waals surface area contributed by atoms with E-state index in [1.54, 1.807) is 0 Å². The van der Waals surface area contributed by atoms with E-state index in [9.17, 15) is 4.79 Å². The van der Waals surface area contributed by atoms with Crippen molar-refractivity contribution in [1.29, 1.82) is 0 Å². The lowest BCUT2D eigenvalue weighted by Crippen LogP contribution is -2.39. The Kier molecular flexibility index (Phi) is 3.09. The highest BCUT2D eigenvalue weighted by molar-refractivity contribution is 5.76. The minimum atomic E-state index is -0.238. The van der Waals surface area contributed by atoms with Gasteiger partial charge in [-0.05, 0) is 31.6 Å². The van der Waals surface area contributed by atoms with E-state index in [1.807, 2.05) is 0 Å². The van der Waals surface area contributed by atoms with E-state index >= 15 is 0 Å². The Hall–Kier alpha value is -0.790. The maximum Gasteiger partial charge on any atom is 0.309 e. The van der Waals surface area contributed by atoms with Crippen LogP contribution in [0.1, 0.15) is 47.0 Å². The molecule has 4 atom stereocenters. The van der Waals surface area contributed by atoms with Crippen molar-refractivity contribution in [2.24, 2.45) is 23.7 Å². The predicted molar refractivity (Wildman–Crippen MR) is 68.5 cm³/mol. The van der Waals surface area contributed by atoms with E-state index in [2.05, 4.69) is 34.3 Å². The van der Waals surface area contributed by atoms with Crippen LogP contribution in [-0.2, 0) is 9.53 Å². The van der Waals surface area contributed by atoms with Crippen molar-refractivity contribution in [3.63, 3.8) is 0 Å². The van der Waals surface area contributed by atoms with Gasteiger partial charge in [0, 0.05) is 12.3 Å². The molecule has 0 aromatic carbocycles. The zero-order valence-corrected chi connectivity index (χ0v) is 11.5. The van der Waals surface area contributed by atoms with Crippen molar-refractivity contribution >= 4 is 5.97 Å². The highest BCUT2D eigenvalue weighted by Crippen LogP contribution is 2.54. The average molecular weight is 236 g/mol. The summed E-state index contributed by atoms with van der Waals surface area (Å²) >= 11 is 0. The van der Waals surface area contributed by atoms with Crippen molar-refractivity contribution < 1.29 is 9.53 Å². The molecule has 1 spiro atoms. The Labute approximate surface area is 104 Å². The minimum Gasteiger partial charge on any atom is -0.458 e. The molecular weight excluding hydrogens is 212 g/mol. The zero-order valence-electron chi connectivity index (χ0n) is 11.5. The van der Waals surface area contributed by atoms with Crippen LogP contribution in [0.3, 0.4) is 0 Å². The molecule has 2 nitrogen and oxygen atoms in total. The Morgan fingerprint density at radius 1 is 1.47 bits per heavy atom. The van der Waals surface area contributed by atoms with Gasteiger partial charge in [0.25, 0.3) is 0 Å². The Morgan fingerprint density at radius 2 is 2.12 bits per heavy atom. The summed E-state index contributed by atoms with van der Waals surface area (Å²) in [4.78, 5) is 12.0. The van der Waals surface area contributed by atoms with Crippen molar-refractivity contribution in [3.05, 3.63) is 12.2 Å². The summed E-state index contributed by atoms with van der Waals surface area (Å²) in [5.74, 6) is 1.31. The molecule has 0 aromatic rings. The highest BCUT2D eigenvalue weighted by atomic mass is 16.6. The van der Waals surface area contributed by atoms with Gasteiger partial charge in [0.05, 0.1) is 5.92 Å². The molecule has 96 valence electrons. The third kappa shape index (κ3) is 1.82. The lowest BCUT2D eigenvalue weighted by molar-refractivity contribution is -0.155. The molecule has 0 bridgehead atoms. The molecule has 0 aromatic heterocycles. The summed E-state index contributed by atoms with van der Waals surface area (Å²) in [6, 6.07) is 0. The Bertz CT molecular complexity index is 345. The fourth-order valence-corrected chi connectivity index (χ4v) is 3.67. The fraction of sp³-hybridized carbons (Fsp3) is 0.800. The third-order valence-electron chi connectivity index (χ3n) is 4.84. The van der Waals surface area contributed by atoms with Gasteiger partial charge in [0.15, 0.2) is 0 Å². The van der Waals surface area contributed by atoms with Crippen LogP contribution in [0, 0.1) is 23.7 Å². The van der Waals surface area contributed by atoms with Gasteiger partial charge in [-0.25, -0.2) is 0 Å². The van der Waals surface area contributed by atoms with Gasteiger partial charge in [-0.1, -0.05) is 32.9 Å². The van der Waals surface area contributed by atoms with Gasteiger partial charge < -0.3 is 4.74 Å². The number of hydrogen-bond acceptors (Lipinski definition) is 2. The molecule has 4 unspecified atom stereocenters. The molecule has 0 radical (unpaired) electrons. The SMILES string of the molecule is C=C(C)C1CCC(C)C12CC(C(C)C)C(=O)O2. The summed E-state index contributed by atoms with van der Waals surface area (Å²) < 4.78 is 5.87. The number of carbonyl (C=O) groups excluding carboxylic acids is 1. The van der Waals surface area contributed by atoms with Crippen molar-refractivity contribution in [2.75, 3.05) is 0 Å². The van der Waals surface area contributed by atoms with Crippen LogP contribution in [0.5, 0.6) is 0 Å². The molecule has 0 amide bonds. The number of rotatable bonds is 2. The molecule has 0 N–H and O–H groups in total. The molecule has 17 heavy (non-hydrogen) atoms. The molecular formula is C15H24O2. The second-order valence-electron chi connectivity index (χ2n) is 6.31. The second kappa shape index (κ2) is 4.15. The van der Waals surface area contributed by atoms with Crippen LogP contribution in [0.25, 0.3) is 0 Å².